The average molecular weight is 206 g/mol. The number of aromatic nitrogens is 1. The fraction of sp³-hybridized carbons (Fsp3) is 0.100. The van der Waals surface area contributed by atoms with E-state index in [4.69, 9.17) is 10.2 Å². The zero-order valence-electron chi connectivity index (χ0n) is 7.73. The van der Waals surface area contributed by atoms with Crippen molar-refractivity contribution in [3.8, 4) is 11.3 Å². The first kappa shape index (κ1) is 9.15. The van der Waals surface area contributed by atoms with Crippen molar-refractivity contribution in [1.29, 1.82) is 0 Å². The van der Waals surface area contributed by atoms with Gasteiger partial charge in [0.05, 0.1) is 6.20 Å². The van der Waals surface area contributed by atoms with Gasteiger partial charge < -0.3 is 10.2 Å². The third kappa shape index (κ3) is 1.75. The molecule has 2 rings (SSSR count). The molecule has 0 amide bonds. The van der Waals surface area contributed by atoms with Crippen LogP contribution in [-0.4, -0.2) is 11.2 Å². The molecule has 14 heavy (non-hydrogen) atoms. The van der Waals surface area contributed by atoms with Crippen LogP contribution in [0.1, 0.15) is 0 Å². The SMILES string of the molecule is CSc1cccc(-c2cnc(N)o2)c1. The maximum Gasteiger partial charge on any atom is 0.292 e. The van der Waals surface area contributed by atoms with Gasteiger partial charge in [-0.2, -0.15) is 0 Å². The summed E-state index contributed by atoms with van der Waals surface area (Å²) in [6.45, 7) is 0. The minimum absolute atomic E-state index is 0.203. The summed E-state index contributed by atoms with van der Waals surface area (Å²) in [6.07, 6.45) is 3.67. The van der Waals surface area contributed by atoms with Crippen LogP contribution in [0.5, 0.6) is 0 Å². The average Bonchev–Trinajstić information content (AvgIpc) is 2.65. The topological polar surface area (TPSA) is 52.0 Å². The molecule has 2 aromatic rings. The van der Waals surface area contributed by atoms with Crippen molar-refractivity contribution in [3.63, 3.8) is 0 Å². The van der Waals surface area contributed by atoms with Crippen molar-refractivity contribution in [3.05, 3.63) is 30.5 Å². The Morgan fingerprint density at radius 2 is 2.29 bits per heavy atom. The van der Waals surface area contributed by atoms with Crippen LogP contribution in [0.15, 0.2) is 39.8 Å². The number of hydrogen-bond acceptors (Lipinski definition) is 4. The van der Waals surface area contributed by atoms with Gasteiger partial charge in [0, 0.05) is 10.5 Å². The van der Waals surface area contributed by atoms with E-state index in [1.54, 1.807) is 18.0 Å². The van der Waals surface area contributed by atoms with Gasteiger partial charge in [-0.1, -0.05) is 12.1 Å². The molecule has 0 spiro atoms. The van der Waals surface area contributed by atoms with Gasteiger partial charge in [0.2, 0.25) is 0 Å². The van der Waals surface area contributed by atoms with Crippen LogP contribution in [0.2, 0.25) is 0 Å². The molecule has 0 aliphatic heterocycles. The standard InChI is InChI=1S/C10H10N2OS/c1-14-8-4-2-3-7(5-8)9-6-12-10(11)13-9/h2-6H,1H3,(H2,11,12). The highest BCUT2D eigenvalue weighted by Gasteiger charge is 2.03. The van der Waals surface area contributed by atoms with Gasteiger partial charge in [-0.25, -0.2) is 4.98 Å². The lowest BCUT2D eigenvalue weighted by molar-refractivity contribution is 0.595. The summed E-state index contributed by atoms with van der Waals surface area (Å²) in [4.78, 5) is 5.04. The van der Waals surface area contributed by atoms with Crippen molar-refractivity contribution in [2.24, 2.45) is 0 Å². The Morgan fingerprint density at radius 3 is 2.93 bits per heavy atom. The number of thioether (sulfide) groups is 1. The van der Waals surface area contributed by atoms with E-state index in [2.05, 4.69) is 4.98 Å². The molecular formula is C10H10N2OS. The van der Waals surface area contributed by atoms with E-state index in [9.17, 15) is 0 Å². The van der Waals surface area contributed by atoms with Crippen molar-refractivity contribution in [2.45, 2.75) is 4.90 Å². The minimum atomic E-state index is 0.203. The van der Waals surface area contributed by atoms with Gasteiger partial charge in [0.1, 0.15) is 0 Å². The molecule has 72 valence electrons. The summed E-state index contributed by atoms with van der Waals surface area (Å²) in [5, 5.41) is 0. The predicted octanol–water partition coefficient (Wildman–Crippen LogP) is 2.65. The summed E-state index contributed by atoms with van der Waals surface area (Å²) in [6, 6.07) is 8.26. The number of nitrogens with zero attached hydrogens (tertiary/aromatic N) is 1. The number of hydrogen-bond donors (Lipinski definition) is 1. The monoisotopic (exact) mass is 206 g/mol. The molecule has 0 bridgehead atoms. The third-order valence-electron chi connectivity index (χ3n) is 1.88. The second-order valence-corrected chi connectivity index (χ2v) is 3.67. The number of nitrogens with two attached hydrogens (primary N) is 1. The number of nitrogen functional groups attached to an aromatic ring is 1. The number of rotatable bonds is 2. The van der Waals surface area contributed by atoms with Crippen molar-refractivity contribution in [1.82, 2.24) is 4.98 Å². The largest absolute Gasteiger partial charge is 0.424 e. The summed E-state index contributed by atoms with van der Waals surface area (Å²) in [7, 11) is 0. The van der Waals surface area contributed by atoms with Crippen LogP contribution in [0, 0.1) is 0 Å². The molecule has 1 heterocycles. The molecule has 0 saturated carbocycles. The Morgan fingerprint density at radius 1 is 1.43 bits per heavy atom. The van der Waals surface area contributed by atoms with Crippen LogP contribution in [-0.2, 0) is 0 Å². The molecule has 0 radical (unpaired) electrons. The van der Waals surface area contributed by atoms with Crippen molar-refractivity contribution in [2.75, 3.05) is 12.0 Å². The number of anilines is 1. The fourth-order valence-corrected chi connectivity index (χ4v) is 1.66. The van der Waals surface area contributed by atoms with Gasteiger partial charge in [-0.05, 0) is 18.4 Å². The molecule has 0 saturated heterocycles. The first-order valence-corrected chi connectivity index (χ1v) is 5.38. The highest BCUT2D eigenvalue weighted by Crippen LogP contribution is 2.25. The zero-order valence-corrected chi connectivity index (χ0v) is 8.54. The van der Waals surface area contributed by atoms with Crippen molar-refractivity contribution < 1.29 is 4.42 Å². The van der Waals surface area contributed by atoms with Gasteiger partial charge in [0.25, 0.3) is 6.01 Å². The second kappa shape index (κ2) is 3.75. The summed E-state index contributed by atoms with van der Waals surface area (Å²) in [5.74, 6) is 0.707. The van der Waals surface area contributed by atoms with Crippen LogP contribution >= 0.6 is 11.8 Å². The lowest BCUT2D eigenvalue weighted by Gasteiger charge is -1.98. The Bertz CT molecular complexity index is 439. The highest BCUT2D eigenvalue weighted by atomic mass is 32.2. The van der Waals surface area contributed by atoms with Gasteiger partial charge in [0.15, 0.2) is 5.76 Å². The molecule has 1 aromatic heterocycles. The maximum atomic E-state index is 5.40. The summed E-state index contributed by atoms with van der Waals surface area (Å²) in [5.41, 5.74) is 6.40. The van der Waals surface area contributed by atoms with Gasteiger partial charge in [-0.3, -0.25) is 0 Å². The normalized spacial score (nSPS) is 10.4. The Kier molecular flexibility index (Phi) is 2.45. The lowest BCUT2D eigenvalue weighted by atomic mass is 10.2. The molecule has 0 fully saturated rings. The molecule has 0 atom stereocenters. The third-order valence-corrected chi connectivity index (χ3v) is 2.60. The van der Waals surface area contributed by atoms with E-state index in [0.717, 1.165) is 5.56 Å². The molecule has 1 aromatic carbocycles. The van der Waals surface area contributed by atoms with E-state index < -0.39 is 0 Å². The molecule has 0 aliphatic rings. The smallest absolute Gasteiger partial charge is 0.292 e. The second-order valence-electron chi connectivity index (χ2n) is 2.79. The highest BCUT2D eigenvalue weighted by molar-refractivity contribution is 7.98. The Balaban J connectivity index is 2.41. The quantitative estimate of drug-likeness (QED) is 0.767. The molecule has 0 unspecified atom stereocenters. The zero-order chi connectivity index (χ0) is 9.97. The van der Waals surface area contributed by atoms with E-state index in [1.807, 2.05) is 30.5 Å². The van der Waals surface area contributed by atoms with E-state index in [1.165, 1.54) is 4.90 Å². The van der Waals surface area contributed by atoms with Gasteiger partial charge in [-0.15, -0.1) is 11.8 Å². The van der Waals surface area contributed by atoms with Crippen LogP contribution < -0.4 is 5.73 Å². The molecule has 0 aliphatic carbocycles. The number of oxazole rings is 1. The van der Waals surface area contributed by atoms with Crippen LogP contribution in [0.4, 0.5) is 6.01 Å². The lowest BCUT2D eigenvalue weighted by Crippen LogP contribution is -1.80. The van der Waals surface area contributed by atoms with E-state index >= 15 is 0 Å². The minimum Gasteiger partial charge on any atom is -0.424 e. The molecule has 3 nitrogen and oxygen atoms in total. The van der Waals surface area contributed by atoms with Gasteiger partial charge >= 0.3 is 0 Å². The van der Waals surface area contributed by atoms with Crippen LogP contribution in [0.3, 0.4) is 0 Å². The van der Waals surface area contributed by atoms with E-state index in [0.29, 0.717) is 5.76 Å². The first-order chi connectivity index (χ1) is 6.79. The Hall–Kier alpha value is -1.42. The summed E-state index contributed by atoms with van der Waals surface area (Å²) >= 11 is 1.69. The van der Waals surface area contributed by atoms with Crippen LogP contribution in [0.25, 0.3) is 11.3 Å². The molecule has 2 N–H and O–H groups in total. The Labute approximate surface area is 86.3 Å². The van der Waals surface area contributed by atoms with E-state index in [-0.39, 0.29) is 6.01 Å². The van der Waals surface area contributed by atoms with Crippen molar-refractivity contribution >= 4 is 17.8 Å². The summed E-state index contributed by atoms with van der Waals surface area (Å²) < 4.78 is 5.23. The predicted molar refractivity (Wildman–Crippen MR) is 58.1 cm³/mol. The maximum absolute atomic E-state index is 5.40. The molecule has 4 heteroatoms. The molecular weight excluding hydrogens is 196 g/mol. The number of benzene rings is 1. The fourth-order valence-electron chi connectivity index (χ4n) is 1.20. The first-order valence-electron chi connectivity index (χ1n) is 4.15.